The lowest BCUT2D eigenvalue weighted by atomic mass is 9.99. The van der Waals surface area contributed by atoms with Crippen molar-refractivity contribution in [1.82, 2.24) is 5.32 Å². The van der Waals surface area contributed by atoms with Crippen molar-refractivity contribution in [2.24, 2.45) is 5.92 Å². The van der Waals surface area contributed by atoms with Crippen molar-refractivity contribution in [1.29, 1.82) is 0 Å². The van der Waals surface area contributed by atoms with E-state index in [-0.39, 0.29) is 30.3 Å². The van der Waals surface area contributed by atoms with Crippen LogP contribution in [0, 0.1) is 11.7 Å². The monoisotopic (exact) mass is 281 g/mol. The van der Waals surface area contributed by atoms with Crippen LogP contribution in [-0.4, -0.2) is 23.7 Å². The molecule has 1 amide bonds. The van der Waals surface area contributed by atoms with Crippen LogP contribution in [0.4, 0.5) is 4.39 Å². The summed E-state index contributed by atoms with van der Waals surface area (Å²) in [6, 6.07) is 6.67. The van der Waals surface area contributed by atoms with E-state index in [9.17, 15) is 9.18 Å². The summed E-state index contributed by atoms with van der Waals surface area (Å²) < 4.78 is 13.5. The first-order valence-electron chi connectivity index (χ1n) is 7.23. The molecule has 112 valence electrons. The minimum absolute atomic E-state index is 0.0170. The van der Waals surface area contributed by atoms with Crippen LogP contribution >= 0.6 is 0 Å². The van der Waals surface area contributed by atoms with E-state index in [4.69, 9.17) is 5.11 Å². The average molecular weight is 281 g/mol. The van der Waals surface area contributed by atoms with Crippen LogP contribution in [0.5, 0.6) is 0 Å². The van der Waals surface area contributed by atoms with Gasteiger partial charge in [-0.25, -0.2) is 4.39 Å². The van der Waals surface area contributed by atoms with Gasteiger partial charge < -0.3 is 10.4 Å². The van der Waals surface area contributed by atoms with E-state index in [1.807, 2.05) is 13.8 Å². The molecule has 0 aliphatic carbocycles. The highest BCUT2D eigenvalue weighted by molar-refractivity contribution is 5.78. The summed E-state index contributed by atoms with van der Waals surface area (Å²) in [6.07, 6.45) is 2.54. The van der Waals surface area contributed by atoms with Crippen molar-refractivity contribution >= 4 is 5.91 Å². The molecule has 0 fully saturated rings. The van der Waals surface area contributed by atoms with Crippen molar-refractivity contribution in [3.05, 3.63) is 35.6 Å². The lowest BCUT2D eigenvalue weighted by Gasteiger charge is -2.19. The first kappa shape index (κ1) is 16.6. The summed E-state index contributed by atoms with van der Waals surface area (Å²) in [5.74, 6) is -0.407. The molecular formula is C16H24FNO2. The standard InChI is InChI=1S/C16H24FNO2/c1-3-14(10-11-19)18-16(20)12(2)8-9-13-6-4-5-7-15(13)17/h4-7,12,14,19H,3,8-11H2,1-2H3,(H,18,20). The number of benzene rings is 1. The molecule has 0 aromatic heterocycles. The zero-order chi connectivity index (χ0) is 15.0. The summed E-state index contributed by atoms with van der Waals surface area (Å²) in [5, 5.41) is 11.8. The number of carbonyl (C=O) groups is 1. The van der Waals surface area contributed by atoms with Gasteiger partial charge in [-0.15, -0.1) is 0 Å². The van der Waals surface area contributed by atoms with Gasteiger partial charge in [0.2, 0.25) is 5.91 Å². The van der Waals surface area contributed by atoms with Gasteiger partial charge in [0.25, 0.3) is 0 Å². The lowest BCUT2D eigenvalue weighted by Crippen LogP contribution is -2.38. The molecule has 0 saturated carbocycles. The Labute approximate surface area is 120 Å². The van der Waals surface area contributed by atoms with Gasteiger partial charge in [0, 0.05) is 18.6 Å². The molecule has 0 spiro atoms. The topological polar surface area (TPSA) is 49.3 Å². The minimum atomic E-state index is -0.216. The van der Waals surface area contributed by atoms with Crippen LogP contribution in [0.2, 0.25) is 0 Å². The van der Waals surface area contributed by atoms with Crippen LogP contribution in [-0.2, 0) is 11.2 Å². The van der Waals surface area contributed by atoms with Gasteiger partial charge >= 0.3 is 0 Å². The lowest BCUT2D eigenvalue weighted by molar-refractivity contribution is -0.125. The fourth-order valence-corrected chi connectivity index (χ4v) is 2.08. The highest BCUT2D eigenvalue weighted by Crippen LogP contribution is 2.13. The van der Waals surface area contributed by atoms with Crippen LogP contribution < -0.4 is 5.32 Å². The van der Waals surface area contributed by atoms with Crippen LogP contribution in [0.15, 0.2) is 24.3 Å². The van der Waals surface area contributed by atoms with Crippen molar-refractivity contribution in [2.75, 3.05) is 6.61 Å². The Hall–Kier alpha value is -1.42. The van der Waals surface area contributed by atoms with E-state index >= 15 is 0 Å². The first-order valence-corrected chi connectivity index (χ1v) is 7.23. The predicted octanol–water partition coefficient (Wildman–Crippen LogP) is 2.67. The molecule has 0 bridgehead atoms. The summed E-state index contributed by atoms with van der Waals surface area (Å²) in [5.41, 5.74) is 0.648. The number of aliphatic hydroxyl groups is 1. The molecule has 1 aromatic carbocycles. The van der Waals surface area contributed by atoms with E-state index in [1.165, 1.54) is 6.07 Å². The number of halogens is 1. The zero-order valence-electron chi connectivity index (χ0n) is 12.2. The Morgan fingerprint density at radius 3 is 2.65 bits per heavy atom. The maximum Gasteiger partial charge on any atom is 0.223 e. The number of aryl methyl sites for hydroxylation is 1. The summed E-state index contributed by atoms with van der Waals surface area (Å²) in [4.78, 5) is 12.0. The Balaban J connectivity index is 2.44. The maximum absolute atomic E-state index is 13.5. The van der Waals surface area contributed by atoms with E-state index < -0.39 is 0 Å². The normalized spacial score (nSPS) is 13.8. The molecule has 3 nitrogen and oxygen atoms in total. The average Bonchev–Trinajstić information content (AvgIpc) is 2.45. The molecule has 2 atom stereocenters. The summed E-state index contributed by atoms with van der Waals surface area (Å²) >= 11 is 0. The molecule has 0 saturated heterocycles. The van der Waals surface area contributed by atoms with E-state index in [1.54, 1.807) is 18.2 Å². The number of hydrogen-bond acceptors (Lipinski definition) is 2. The van der Waals surface area contributed by atoms with Crippen LogP contribution in [0.1, 0.15) is 38.7 Å². The zero-order valence-corrected chi connectivity index (χ0v) is 12.2. The van der Waals surface area contributed by atoms with E-state index in [0.717, 1.165) is 6.42 Å². The SMILES string of the molecule is CCC(CCO)NC(=O)C(C)CCc1ccccc1F. The third-order valence-corrected chi connectivity index (χ3v) is 3.57. The number of nitrogens with one attached hydrogen (secondary N) is 1. The van der Waals surface area contributed by atoms with Gasteiger partial charge in [-0.1, -0.05) is 32.0 Å². The van der Waals surface area contributed by atoms with Crippen molar-refractivity contribution < 1.29 is 14.3 Å². The number of aliphatic hydroxyl groups excluding tert-OH is 1. The number of hydrogen-bond donors (Lipinski definition) is 2. The van der Waals surface area contributed by atoms with Crippen LogP contribution in [0.3, 0.4) is 0 Å². The molecule has 2 N–H and O–H groups in total. The van der Waals surface area contributed by atoms with Gasteiger partial charge in [0.05, 0.1) is 0 Å². The Kier molecular flexibility index (Phi) is 7.23. The molecule has 1 aromatic rings. The second-order valence-corrected chi connectivity index (χ2v) is 5.16. The maximum atomic E-state index is 13.5. The van der Waals surface area contributed by atoms with E-state index in [0.29, 0.717) is 24.8 Å². The van der Waals surface area contributed by atoms with Crippen molar-refractivity contribution in [3.63, 3.8) is 0 Å². The van der Waals surface area contributed by atoms with Gasteiger partial charge in [0.15, 0.2) is 0 Å². The number of rotatable bonds is 8. The molecule has 0 aliphatic heterocycles. The quantitative estimate of drug-likeness (QED) is 0.769. The molecule has 0 aliphatic rings. The van der Waals surface area contributed by atoms with Gasteiger partial charge in [0.1, 0.15) is 5.82 Å². The predicted molar refractivity (Wildman–Crippen MR) is 77.8 cm³/mol. The minimum Gasteiger partial charge on any atom is -0.396 e. The molecule has 1 rings (SSSR count). The molecule has 2 unspecified atom stereocenters. The summed E-state index contributed by atoms with van der Waals surface area (Å²) in [6.45, 7) is 3.90. The molecule has 4 heteroatoms. The molecular weight excluding hydrogens is 257 g/mol. The molecule has 20 heavy (non-hydrogen) atoms. The Bertz CT molecular complexity index is 423. The second kappa shape index (κ2) is 8.69. The fourth-order valence-electron chi connectivity index (χ4n) is 2.08. The highest BCUT2D eigenvalue weighted by atomic mass is 19.1. The van der Waals surface area contributed by atoms with Gasteiger partial charge in [-0.2, -0.15) is 0 Å². The summed E-state index contributed by atoms with van der Waals surface area (Å²) in [7, 11) is 0. The molecule has 0 heterocycles. The third-order valence-electron chi connectivity index (χ3n) is 3.57. The van der Waals surface area contributed by atoms with Crippen molar-refractivity contribution in [2.45, 2.75) is 45.6 Å². The number of carbonyl (C=O) groups excluding carboxylic acids is 1. The van der Waals surface area contributed by atoms with Crippen LogP contribution in [0.25, 0.3) is 0 Å². The fraction of sp³-hybridized carbons (Fsp3) is 0.562. The largest absolute Gasteiger partial charge is 0.396 e. The second-order valence-electron chi connectivity index (χ2n) is 5.16. The molecule has 0 radical (unpaired) electrons. The van der Waals surface area contributed by atoms with Gasteiger partial charge in [-0.05, 0) is 37.3 Å². The Morgan fingerprint density at radius 2 is 2.05 bits per heavy atom. The first-order chi connectivity index (χ1) is 9.58. The third kappa shape index (κ3) is 5.29. The highest BCUT2D eigenvalue weighted by Gasteiger charge is 2.16. The van der Waals surface area contributed by atoms with E-state index in [2.05, 4.69) is 5.32 Å². The number of amides is 1. The Morgan fingerprint density at radius 1 is 1.35 bits per heavy atom. The van der Waals surface area contributed by atoms with Gasteiger partial charge in [-0.3, -0.25) is 4.79 Å². The van der Waals surface area contributed by atoms with Crippen molar-refractivity contribution in [3.8, 4) is 0 Å². The smallest absolute Gasteiger partial charge is 0.223 e.